The lowest BCUT2D eigenvalue weighted by molar-refractivity contribution is -0.162. The van der Waals surface area contributed by atoms with Crippen LogP contribution in [0.25, 0.3) is 0 Å². The van der Waals surface area contributed by atoms with E-state index in [2.05, 4.69) is 22.6 Å². The lowest BCUT2D eigenvalue weighted by Crippen LogP contribution is -2.36. The second-order valence-electron chi connectivity index (χ2n) is 4.30. The minimum absolute atomic E-state index is 0.0181. The molecular weight excluding hydrogens is 267 g/mol. The molecule has 0 spiro atoms. The second kappa shape index (κ2) is 3.52. The van der Waals surface area contributed by atoms with Crippen molar-refractivity contribution >= 4 is 28.6 Å². The third kappa shape index (κ3) is 2.92. The first-order chi connectivity index (χ1) is 5.38. The van der Waals surface area contributed by atoms with Crippen molar-refractivity contribution < 1.29 is 9.53 Å². The van der Waals surface area contributed by atoms with E-state index in [0.717, 1.165) is 12.8 Å². The van der Waals surface area contributed by atoms with Crippen LogP contribution in [0.5, 0.6) is 0 Å². The van der Waals surface area contributed by atoms with Crippen molar-refractivity contribution in [1.29, 1.82) is 0 Å². The number of esters is 1. The summed E-state index contributed by atoms with van der Waals surface area (Å²) in [7, 11) is 0. The molecule has 0 aromatic rings. The van der Waals surface area contributed by atoms with Gasteiger partial charge in [0.05, 0.1) is 5.92 Å². The average molecular weight is 282 g/mol. The first kappa shape index (κ1) is 10.3. The molecule has 0 aliphatic heterocycles. The highest BCUT2D eigenvalue weighted by Gasteiger charge is 2.35. The van der Waals surface area contributed by atoms with Gasteiger partial charge in [0, 0.05) is 3.92 Å². The predicted octanol–water partition coefficient (Wildman–Crippen LogP) is 2.54. The summed E-state index contributed by atoms with van der Waals surface area (Å²) in [6.45, 7) is 5.72. The minimum Gasteiger partial charge on any atom is -0.460 e. The Morgan fingerprint density at radius 2 is 1.92 bits per heavy atom. The first-order valence-electron chi connectivity index (χ1n) is 4.25. The molecule has 0 N–H and O–H groups in total. The highest BCUT2D eigenvalue weighted by Crippen LogP contribution is 2.35. The number of hydrogen-bond donors (Lipinski definition) is 0. The van der Waals surface area contributed by atoms with Crippen molar-refractivity contribution in [2.45, 2.75) is 43.1 Å². The molecule has 0 amide bonds. The molecule has 0 radical (unpaired) electrons. The van der Waals surface area contributed by atoms with E-state index in [9.17, 15) is 4.79 Å². The van der Waals surface area contributed by atoms with Gasteiger partial charge >= 0.3 is 5.97 Å². The van der Waals surface area contributed by atoms with Crippen LogP contribution >= 0.6 is 22.6 Å². The maximum atomic E-state index is 11.4. The topological polar surface area (TPSA) is 26.3 Å². The molecule has 70 valence electrons. The SMILES string of the molecule is CC(C)(C)OC(=O)C1CC(I)C1. The van der Waals surface area contributed by atoms with Gasteiger partial charge in [-0.1, -0.05) is 22.6 Å². The largest absolute Gasteiger partial charge is 0.460 e. The van der Waals surface area contributed by atoms with Crippen LogP contribution in [-0.4, -0.2) is 15.5 Å². The Kier molecular flexibility index (Phi) is 3.01. The molecule has 1 aliphatic rings. The number of ether oxygens (including phenoxy) is 1. The normalized spacial score (nSPS) is 29.3. The summed E-state index contributed by atoms with van der Waals surface area (Å²) in [5.41, 5.74) is -0.326. The summed E-state index contributed by atoms with van der Waals surface area (Å²) in [4.78, 5) is 11.4. The second-order valence-corrected chi connectivity index (χ2v) is 6.06. The van der Waals surface area contributed by atoms with Crippen molar-refractivity contribution in [2.24, 2.45) is 5.92 Å². The zero-order valence-electron chi connectivity index (χ0n) is 7.76. The summed E-state index contributed by atoms with van der Waals surface area (Å²) < 4.78 is 5.93. The zero-order valence-corrected chi connectivity index (χ0v) is 9.92. The van der Waals surface area contributed by atoms with Crippen LogP contribution < -0.4 is 0 Å². The average Bonchev–Trinajstić information content (AvgIpc) is 1.76. The van der Waals surface area contributed by atoms with Crippen LogP contribution in [-0.2, 0) is 9.53 Å². The summed E-state index contributed by atoms with van der Waals surface area (Å²) in [5.74, 6) is 0.154. The molecule has 0 atom stereocenters. The Morgan fingerprint density at radius 3 is 2.25 bits per heavy atom. The van der Waals surface area contributed by atoms with Crippen molar-refractivity contribution in [2.75, 3.05) is 0 Å². The molecule has 0 heterocycles. The fraction of sp³-hybridized carbons (Fsp3) is 0.889. The number of carbonyl (C=O) groups excluding carboxylic acids is 1. The van der Waals surface area contributed by atoms with E-state index in [4.69, 9.17) is 4.74 Å². The monoisotopic (exact) mass is 282 g/mol. The molecule has 1 aliphatic carbocycles. The predicted molar refractivity (Wildman–Crippen MR) is 56.4 cm³/mol. The molecule has 1 saturated carbocycles. The molecule has 1 fully saturated rings. The van der Waals surface area contributed by atoms with Crippen LogP contribution in [0, 0.1) is 5.92 Å². The number of hydrogen-bond acceptors (Lipinski definition) is 2. The Balaban J connectivity index is 2.30. The molecule has 2 nitrogen and oxygen atoms in total. The van der Waals surface area contributed by atoms with Crippen LogP contribution in [0.2, 0.25) is 0 Å². The summed E-state index contributed by atoms with van der Waals surface area (Å²) in [5, 5.41) is 0. The van der Waals surface area contributed by atoms with E-state index in [1.807, 2.05) is 20.8 Å². The van der Waals surface area contributed by atoms with Crippen molar-refractivity contribution in [1.82, 2.24) is 0 Å². The van der Waals surface area contributed by atoms with Gasteiger partial charge in [0.15, 0.2) is 0 Å². The summed E-state index contributed by atoms with van der Waals surface area (Å²) in [6, 6.07) is 0. The standard InChI is InChI=1S/C9H15IO2/c1-9(2,3)12-8(11)6-4-7(10)5-6/h6-7H,4-5H2,1-3H3. The summed E-state index contributed by atoms with van der Waals surface area (Å²) >= 11 is 2.37. The maximum absolute atomic E-state index is 11.4. The van der Waals surface area contributed by atoms with Gasteiger partial charge in [-0.15, -0.1) is 0 Å². The van der Waals surface area contributed by atoms with E-state index in [1.54, 1.807) is 0 Å². The van der Waals surface area contributed by atoms with E-state index in [0.29, 0.717) is 3.92 Å². The van der Waals surface area contributed by atoms with E-state index in [-0.39, 0.29) is 17.5 Å². The quantitative estimate of drug-likeness (QED) is 0.420. The van der Waals surface area contributed by atoms with Gasteiger partial charge in [-0.25, -0.2) is 0 Å². The van der Waals surface area contributed by atoms with Gasteiger partial charge in [0.1, 0.15) is 5.60 Å². The molecule has 12 heavy (non-hydrogen) atoms. The lowest BCUT2D eigenvalue weighted by Gasteiger charge is -2.32. The fourth-order valence-electron chi connectivity index (χ4n) is 1.13. The smallest absolute Gasteiger partial charge is 0.309 e. The number of rotatable bonds is 1. The first-order valence-corrected chi connectivity index (χ1v) is 5.50. The highest BCUT2D eigenvalue weighted by atomic mass is 127. The van der Waals surface area contributed by atoms with Gasteiger partial charge in [0.25, 0.3) is 0 Å². The Morgan fingerprint density at radius 1 is 1.42 bits per heavy atom. The Hall–Kier alpha value is 0.200. The molecule has 0 aromatic carbocycles. The zero-order chi connectivity index (χ0) is 9.35. The van der Waals surface area contributed by atoms with Crippen LogP contribution in [0.4, 0.5) is 0 Å². The highest BCUT2D eigenvalue weighted by molar-refractivity contribution is 14.1. The molecular formula is C9H15IO2. The number of alkyl halides is 1. The van der Waals surface area contributed by atoms with Crippen LogP contribution in [0.15, 0.2) is 0 Å². The molecule has 0 bridgehead atoms. The molecule has 0 aromatic heterocycles. The van der Waals surface area contributed by atoms with Gasteiger partial charge in [-0.2, -0.15) is 0 Å². The van der Waals surface area contributed by atoms with Crippen molar-refractivity contribution in [3.63, 3.8) is 0 Å². The van der Waals surface area contributed by atoms with Crippen molar-refractivity contribution in [3.05, 3.63) is 0 Å². The Bertz CT molecular complexity index is 177. The number of carbonyl (C=O) groups is 1. The van der Waals surface area contributed by atoms with Crippen molar-refractivity contribution in [3.8, 4) is 0 Å². The van der Waals surface area contributed by atoms with E-state index >= 15 is 0 Å². The lowest BCUT2D eigenvalue weighted by atomic mass is 9.85. The van der Waals surface area contributed by atoms with Gasteiger partial charge in [-0.3, -0.25) is 4.79 Å². The van der Waals surface area contributed by atoms with Crippen LogP contribution in [0.3, 0.4) is 0 Å². The number of halogens is 1. The molecule has 0 saturated heterocycles. The third-order valence-electron chi connectivity index (χ3n) is 1.82. The van der Waals surface area contributed by atoms with E-state index in [1.165, 1.54) is 0 Å². The maximum Gasteiger partial charge on any atom is 0.309 e. The van der Waals surface area contributed by atoms with Gasteiger partial charge < -0.3 is 4.74 Å². The van der Waals surface area contributed by atoms with Gasteiger partial charge in [0.2, 0.25) is 0 Å². The van der Waals surface area contributed by atoms with E-state index < -0.39 is 0 Å². The molecule has 1 rings (SSSR count). The molecule has 3 heteroatoms. The van der Waals surface area contributed by atoms with Gasteiger partial charge in [-0.05, 0) is 33.6 Å². The fourth-order valence-corrected chi connectivity index (χ4v) is 2.35. The minimum atomic E-state index is -0.326. The third-order valence-corrected chi connectivity index (χ3v) is 2.84. The Labute approximate surface area is 87.2 Å². The summed E-state index contributed by atoms with van der Waals surface area (Å²) in [6.07, 6.45) is 1.99. The molecule has 0 unspecified atom stereocenters. The van der Waals surface area contributed by atoms with Crippen LogP contribution in [0.1, 0.15) is 33.6 Å².